The molecule has 1 heterocycles. The zero-order valence-electron chi connectivity index (χ0n) is 10.0. The van der Waals surface area contributed by atoms with Gasteiger partial charge in [-0.15, -0.1) is 11.8 Å². The highest BCUT2D eigenvalue weighted by Gasteiger charge is 2.19. The molecule has 0 aromatic carbocycles. The van der Waals surface area contributed by atoms with Crippen molar-refractivity contribution in [3.05, 3.63) is 22.8 Å². The van der Waals surface area contributed by atoms with E-state index in [1.807, 2.05) is 26.1 Å². The van der Waals surface area contributed by atoms with E-state index < -0.39 is 5.54 Å². The third kappa shape index (κ3) is 5.07. The van der Waals surface area contributed by atoms with Crippen LogP contribution in [0.15, 0.2) is 27.8 Å². The lowest BCUT2D eigenvalue weighted by molar-refractivity contribution is 0.451. The lowest BCUT2D eigenvalue weighted by Gasteiger charge is -2.19. The summed E-state index contributed by atoms with van der Waals surface area (Å²) in [5.74, 6) is 0.980. The van der Waals surface area contributed by atoms with Crippen molar-refractivity contribution in [3.63, 3.8) is 0 Å². The number of nitrogens with zero attached hydrogens (tertiary/aromatic N) is 2. The lowest BCUT2D eigenvalue weighted by Crippen LogP contribution is -2.37. The first-order valence-corrected chi connectivity index (χ1v) is 7.22. The molecule has 1 N–H and O–H groups in total. The normalized spacial score (nSPS) is 14.0. The van der Waals surface area contributed by atoms with E-state index in [-0.39, 0.29) is 0 Å². The molecule has 0 saturated carbocycles. The van der Waals surface area contributed by atoms with Gasteiger partial charge in [-0.3, -0.25) is 0 Å². The first kappa shape index (κ1) is 14.5. The molecule has 1 aromatic rings. The Labute approximate surface area is 115 Å². The second-order valence-electron chi connectivity index (χ2n) is 3.96. The van der Waals surface area contributed by atoms with Crippen molar-refractivity contribution >= 4 is 27.7 Å². The minimum atomic E-state index is -0.409. The fourth-order valence-corrected chi connectivity index (χ4v) is 2.31. The molecule has 1 atom stereocenters. The van der Waals surface area contributed by atoms with Gasteiger partial charge in [0.15, 0.2) is 0 Å². The van der Waals surface area contributed by atoms with Crippen molar-refractivity contribution in [2.24, 2.45) is 0 Å². The average molecular weight is 314 g/mol. The van der Waals surface area contributed by atoms with Crippen LogP contribution >= 0.6 is 27.7 Å². The van der Waals surface area contributed by atoms with Crippen LogP contribution in [0.3, 0.4) is 0 Å². The summed E-state index contributed by atoms with van der Waals surface area (Å²) in [7, 11) is 1.83. The van der Waals surface area contributed by atoms with Gasteiger partial charge in [0.1, 0.15) is 5.54 Å². The van der Waals surface area contributed by atoms with Crippen LogP contribution in [0.1, 0.15) is 19.8 Å². The Balaban J connectivity index is 2.29. The summed E-state index contributed by atoms with van der Waals surface area (Å²) in [6.45, 7) is 1.93. The first-order valence-electron chi connectivity index (χ1n) is 5.44. The Morgan fingerprint density at radius 3 is 2.88 bits per heavy atom. The van der Waals surface area contributed by atoms with Crippen molar-refractivity contribution in [1.82, 2.24) is 10.3 Å². The summed E-state index contributed by atoms with van der Waals surface area (Å²) in [5.41, 5.74) is -0.409. The van der Waals surface area contributed by atoms with E-state index >= 15 is 0 Å². The SMILES string of the molecule is CNC(C)(C#N)CCCSc1ccc(Br)cn1. The Bertz CT molecular complexity index is 388. The molecule has 1 aromatic heterocycles. The zero-order valence-corrected chi connectivity index (χ0v) is 12.4. The second-order valence-corrected chi connectivity index (χ2v) is 5.99. The highest BCUT2D eigenvalue weighted by molar-refractivity contribution is 9.10. The summed E-state index contributed by atoms with van der Waals surface area (Å²) < 4.78 is 0.995. The summed E-state index contributed by atoms with van der Waals surface area (Å²) in [6.07, 6.45) is 3.65. The number of thioether (sulfide) groups is 1. The molecule has 1 unspecified atom stereocenters. The van der Waals surface area contributed by atoms with E-state index in [1.165, 1.54) is 0 Å². The van der Waals surface area contributed by atoms with Gasteiger partial charge in [-0.2, -0.15) is 5.26 Å². The van der Waals surface area contributed by atoms with Gasteiger partial charge in [0.05, 0.1) is 11.1 Å². The van der Waals surface area contributed by atoms with Gasteiger partial charge >= 0.3 is 0 Å². The molecule has 0 spiro atoms. The molecule has 92 valence electrons. The number of pyridine rings is 1. The molecule has 0 aliphatic carbocycles. The fraction of sp³-hybridized carbons (Fsp3) is 0.500. The number of hydrogen-bond acceptors (Lipinski definition) is 4. The van der Waals surface area contributed by atoms with Gasteiger partial charge in [0, 0.05) is 10.7 Å². The summed E-state index contributed by atoms with van der Waals surface area (Å²) in [4.78, 5) is 4.29. The van der Waals surface area contributed by atoms with Gasteiger partial charge < -0.3 is 5.32 Å². The minimum Gasteiger partial charge on any atom is -0.303 e. The van der Waals surface area contributed by atoms with Crippen LogP contribution in [-0.4, -0.2) is 23.3 Å². The van der Waals surface area contributed by atoms with Gasteiger partial charge in [-0.1, -0.05) is 0 Å². The summed E-state index contributed by atoms with van der Waals surface area (Å²) in [5, 5.41) is 13.1. The summed E-state index contributed by atoms with van der Waals surface area (Å²) >= 11 is 5.08. The molecular weight excluding hydrogens is 298 g/mol. The van der Waals surface area contributed by atoms with Crippen molar-refractivity contribution in [1.29, 1.82) is 5.26 Å². The summed E-state index contributed by atoms with van der Waals surface area (Å²) in [6, 6.07) is 6.28. The van der Waals surface area contributed by atoms with Gasteiger partial charge in [-0.05, 0) is 60.6 Å². The Kier molecular flexibility index (Phi) is 5.96. The van der Waals surface area contributed by atoms with Crippen LogP contribution in [0, 0.1) is 11.3 Å². The Hall–Kier alpha value is -0.570. The van der Waals surface area contributed by atoms with Crippen LogP contribution in [0.25, 0.3) is 0 Å². The topological polar surface area (TPSA) is 48.7 Å². The minimum absolute atomic E-state index is 0.409. The van der Waals surface area contributed by atoms with E-state index in [1.54, 1.807) is 18.0 Å². The third-order valence-corrected chi connectivity index (χ3v) is 4.07. The molecular formula is C12H16BrN3S. The van der Waals surface area contributed by atoms with Crippen molar-refractivity contribution < 1.29 is 0 Å². The molecule has 0 radical (unpaired) electrons. The Morgan fingerprint density at radius 2 is 2.35 bits per heavy atom. The maximum Gasteiger partial charge on any atom is 0.103 e. The number of hydrogen-bond donors (Lipinski definition) is 1. The predicted octanol–water partition coefficient (Wildman–Crippen LogP) is 3.22. The van der Waals surface area contributed by atoms with E-state index in [2.05, 4.69) is 32.3 Å². The van der Waals surface area contributed by atoms with Crippen molar-refractivity contribution in [2.75, 3.05) is 12.8 Å². The maximum atomic E-state index is 9.00. The number of nitrogens with one attached hydrogen (secondary N) is 1. The molecule has 0 aliphatic rings. The highest BCUT2D eigenvalue weighted by Crippen LogP contribution is 2.20. The van der Waals surface area contributed by atoms with E-state index in [4.69, 9.17) is 5.26 Å². The average Bonchev–Trinajstić information content (AvgIpc) is 2.36. The monoisotopic (exact) mass is 313 g/mol. The van der Waals surface area contributed by atoms with Crippen molar-refractivity contribution in [2.45, 2.75) is 30.3 Å². The predicted molar refractivity (Wildman–Crippen MR) is 75.0 cm³/mol. The molecule has 0 fully saturated rings. The fourth-order valence-electron chi connectivity index (χ4n) is 1.29. The highest BCUT2D eigenvalue weighted by atomic mass is 79.9. The molecule has 0 aliphatic heterocycles. The molecule has 0 amide bonds. The Morgan fingerprint density at radius 1 is 1.59 bits per heavy atom. The molecule has 0 saturated heterocycles. The molecule has 5 heteroatoms. The van der Waals surface area contributed by atoms with Crippen LogP contribution < -0.4 is 5.32 Å². The number of nitriles is 1. The van der Waals surface area contributed by atoms with Gasteiger partial charge in [0.25, 0.3) is 0 Å². The number of halogens is 1. The van der Waals surface area contributed by atoms with Crippen LogP contribution in [0.2, 0.25) is 0 Å². The number of aromatic nitrogens is 1. The van der Waals surface area contributed by atoms with E-state index in [0.29, 0.717) is 0 Å². The van der Waals surface area contributed by atoms with E-state index in [0.717, 1.165) is 28.1 Å². The van der Waals surface area contributed by atoms with Crippen molar-refractivity contribution in [3.8, 4) is 6.07 Å². The second kappa shape index (κ2) is 7.00. The lowest BCUT2D eigenvalue weighted by atomic mass is 9.99. The molecule has 0 bridgehead atoms. The van der Waals surface area contributed by atoms with E-state index in [9.17, 15) is 0 Å². The smallest absolute Gasteiger partial charge is 0.103 e. The maximum absolute atomic E-state index is 9.00. The van der Waals surface area contributed by atoms with Gasteiger partial charge in [0.2, 0.25) is 0 Å². The molecule has 3 nitrogen and oxygen atoms in total. The van der Waals surface area contributed by atoms with Crippen LogP contribution in [-0.2, 0) is 0 Å². The molecule has 1 rings (SSSR count). The van der Waals surface area contributed by atoms with Gasteiger partial charge in [-0.25, -0.2) is 4.98 Å². The number of rotatable bonds is 6. The third-order valence-electron chi connectivity index (χ3n) is 2.57. The standard InChI is InChI=1S/C12H16BrN3S/c1-12(9-14,15-2)6-3-7-17-11-5-4-10(13)8-16-11/h4-5,8,15H,3,6-7H2,1-2H3. The van der Waals surface area contributed by atoms with Crippen LogP contribution in [0.4, 0.5) is 0 Å². The largest absolute Gasteiger partial charge is 0.303 e. The molecule has 17 heavy (non-hydrogen) atoms. The zero-order chi connectivity index (χ0) is 12.7. The first-order chi connectivity index (χ1) is 8.09. The quantitative estimate of drug-likeness (QED) is 0.647. The van der Waals surface area contributed by atoms with Crippen LogP contribution in [0.5, 0.6) is 0 Å².